The number of amides is 2. The molecule has 4 unspecified atom stereocenters. The lowest BCUT2D eigenvalue weighted by Gasteiger charge is -2.51. The van der Waals surface area contributed by atoms with Crippen molar-refractivity contribution in [3.05, 3.63) is 65.8 Å². The van der Waals surface area contributed by atoms with E-state index in [1.165, 1.54) is 6.42 Å². The Morgan fingerprint density at radius 1 is 0.667 bits per heavy atom. The van der Waals surface area contributed by atoms with Crippen LogP contribution in [0.5, 0.6) is 23.0 Å². The Kier molecular flexibility index (Phi) is 7.53. The van der Waals surface area contributed by atoms with Gasteiger partial charge in [0.25, 0.3) is 0 Å². The number of hydrogen-bond donors (Lipinski definition) is 0. The molecule has 4 heterocycles. The van der Waals surface area contributed by atoms with Crippen molar-refractivity contribution in [1.29, 1.82) is 0 Å². The molecule has 1 saturated carbocycles. The van der Waals surface area contributed by atoms with Crippen LogP contribution in [0.15, 0.2) is 54.6 Å². The average Bonchev–Trinajstić information content (AvgIpc) is 3.70. The average molecular weight is 571 g/mol. The van der Waals surface area contributed by atoms with Crippen LogP contribution in [0.3, 0.4) is 0 Å². The van der Waals surface area contributed by atoms with E-state index in [1.807, 2.05) is 40.1 Å². The van der Waals surface area contributed by atoms with E-state index in [2.05, 4.69) is 24.3 Å². The van der Waals surface area contributed by atoms with Crippen LogP contribution in [0.2, 0.25) is 0 Å². The Labute approximate surface area is 246 Å². The second kappa shape index (κ2) is 11.7. The van der Waals surface area contributed by atoms with Gasteiger partial charge in [-0.2, -0.15) is 0 Å². The van der Waals surface area contributed by atoms with Crippen LogP contribution in [-0.2, 0) is 9.59 Å². The van der Waals surface area contributed by atoms with Crippen LogP contribution in [0.25, 0.3) is 6.08 Å². The highest BCUT2D eigenvalue weighted by atomic mass is 16.7. The summed E-state index contributed by atoms with van der Waals surface area (Å²) >= 11 is 0. The first-order valence-corrected chi connectivity index (χ1v) is 15.4. The number of hydrogen-bond acceptors (Lipinski definition) is 6. The number of carbonyl (C=O) groups is 2. The van der Waals surface area contributed by atoms with Gasteiger partial charge >= 0.3 is 0 Å². The molecule has 8 nitrogen and oxygen atoms in total. The fraction of sp³-hybridized carbons (Fsp3) is 0.471. The first kappa shape index (κ1) is 26.9. The Bertz CT molecular complexity index is 1390. The normalized spacial score (nSPS) is 26.6. The van der Waals surface area contributed by atoms with Gasteiger partial charge in [0.2, 0.25) is 25.4 Å². The molecule has 2 saturated heterocycles. The highest BCUT2D eigenvalue weighted by molar-refractivity contribution is 5.88. The number of fused-ring (bicyclic) bond motifs is 2. The fourth-order valence-electron chi connectivity index (χ4n) is 7.15. The van der Waals surface area contributed by atoms with Gasteiger partial charge in [-0.05, 0) is 91.8 Å². The summed E-state index contributed by atoms with van der Waals surface area (Å²) in [6, 6.07) is 11.9. The number of ether oxygens (including phenoxy) is 4. The minimum Gasteiger partial charge on any atom is -0.454 e. The van der Waals surface area contributed by atoms with E-state index in [4.69, 9.17) is 18.9 Å². The smallest absolute Gasteiger partial charge is 0.246 e. The minimum atomic E-state index is -0.242. The van der Waals surface area contributed by atoms with Crippen LogP contribution >= 0.6 is 0 Å². The largest absolute Gasteiger partial charge is 0.454 e. The standard InChI is InChI=1S/C34H38N2O6/c37-31(35-15-3-1-4-16-35)14-11-25-26(10-7-23-8-12-27-29(19-23)41-21-39-27)33(34(38)36-17-5-2-6-18-36)32(25)24-9-13-28-30(20-24)42-22-40-28/h7-14,19-20,25-26,32-33H,1-6,15-18,21-22H2. The zero-order valence-corrected chi connectivity index (χ0v) is 23.9. The Hall–Kier alpha value is -3.94. The molecular formula is C34H38N2O6. The van der Waals surface area contributed by atoms with E-state index in [0.29, 0.717) is 5.75 Å². The first-order valence-electron chi connectivity index (χ1n) is 15.4. The highest BCUT2D eigenvalue weighted by Crippen LogP contribution is 2.56. The third-order valence-corrected chi connectivity index (χ3v) is 9.43. The van der Waals surface area contributed by atoms with E-state index in [1.54, 1.807) is 6.08 Å². The van der Waals surface area contributed by atoms with E-state index in [9.17, 15) is 9.59 Å². The molecule has 8 heteroatoms. The molecule has 42 heavy (non-hydrogen) atoms. The zero-order chi connectivity index (χ0) is 28.5. The molecule has 2 aromatic rings. The number of rotatable bonds is 6. The van der Waals surface area contributed by atoms with Crippen molar-refractivity contribution in [2.45, 2.75) is 44.4 Å². The molecule has 5 aliphatic rings. The van der Waals surface area contributed by atoms with Crippen LogP contribution < -0.4 is 18.9 Å². The predicted molar refractivity (Wildman–Crippen MR) is 157 cm³/mol. The first-order chi connectivity index (χ1) is 20.7. The molecule has 2 aromatic carbocycles. The van der Waals surface area contributed by atoms with E-state index in [0.717, 1.165) is 86.7 Å². The topological polar surface area (TPSA) is 77.5 Å². The fourth-order valence-corrected chi connectivity index (χ4v) is 7.15. The number of carbonyl (C=O) groups excluding carboxylic acids is 2. The van der Waals surface area contributed by atoms with Gasteiger partial charge in [0.1, 0.15) is 0 Å². The summed E-state index contributed by atoms with van der Waals surface area (Å²) in [4.78, 5) is 31.4. The zero-order valence-electron chi connectivity index (χ0n) is 23.9. The van der Waals surface area contributed by atoms with Crippen molar-refractivity contribution in [2.24, 2.45) is 17.8 Å². The lowest BCUT2D eigenvalue weighted by molar-refractivity contribution is -0.144. The van der Waals surface area contributed by atoms with Gasteiger partial charge in [-0.1, -0.05) is 30.4 Å². The van der Waals surface area contributed by atoms with Crippen molar-refractivity contribution in [3.8, 4) is 23.0 Å². The summed E-state index contributed by atoms with van der Waals surface area (Å²) in [6.45, 7) is 3.65. The molecule has 0 N–H and O–H groups in total. The summed E-state index contributed by atoms with van der Waals surface area (Å²) in [6.07, 6.45) is 14.6. The molecule has 3 fully saturated rings. The Balaban J connectivity index is 1.23. The van der Waals surface area contributed by atoms with Crippen molar-refractivity contribution < 1.29 is 28.5 Å². The van der Waals surface area contributed by atoms with Crippen LogP contribution in [0, 0.1) is 17.8 Å². The number of nitrogens with zero attached hydrogens (tertiary/aromatic N) is 2. The van der Waals surface area contributed by atoms with E-state index >= 15 is 0 Å². The lowest BCUT2D eigenvalue weighted by Crippen LogP contribution is -2.53. The second-order valence-corrected chi connectivity index (χ2v) is 11.9. The van der Waals surface area contributed by atoms with Crippen molar-refractivity contribution in [2.75, 3.05) is 39.8 Å². The van der Waals surface area contributed by atoms with Gasteiger partial charge in [-0.15, -0.1) is 0 Å². The van der Waals surface area contributed by atoms with Gasteiger partial charge in [0.05, 0.1) is 5.92 Å². The van der Waals surface area contributed by atoms with Gasteiger partial charge in [0.15, 0.2) is 23.0 Å². The molecule has 7 rings (SSSR count). The van der Waals surface area contributed by atoms with Crippen molar-refractivity contribution in [1.82, 2.24) is 9.80 Å². The lowest BCUT2D eigenvalue weighted by atomic mass is 9.53. The maximum absolute atomic E-state index is 14.2. The van der Waals surface area contributed by atoms with Gasteiger partial charge in [-0.25, -0.2) is 0 Å². The summed E-state index contributed by atoms with van der Waals surface area (Å²) in [5.74, 6) is 2.76. The molecular weight excluding hydrogens is 532 g/mol. The van der Waals surface area contributed by atoms with Crippen LogP contribution in [-0.4, -0.2) is 61.4 Å². The van der Waals surface area contributed by atoms with E-state index in [-0.39, 0.29) is 49.1 Å². The number of allylic oxidation sites excluding steroid dienone is 2. The van der Waals surface area contributed by atoms with Gasteiger partial charge in [0, 0.05) is 32.1 Å². The monoisotopic (exact) mass is 570 g/mol. The molecule has 0 radical (unpaired) electrons. The van der Waals surface area contributed by atoms with Gasteiger partial charge in [-0.3, -0.25) is 9.59 Å². The third-order valence-electron chi connectivity index (χ3n) is 9.43. The number of piperidine rings is 2. The Morgan fingerprint density at radius 3 is 2.00 bits per heavy atom. The molecule has 0 bridgehead atoms. The quantitative estimate of drug-likeness (QED) is 0.434. The third kappa shape index (κ3) is 5.23. The van der Waals surface area contributed by atoms with Crippen molar-refractivity contribution >= 4 is 17.9 Å². The maximum Gasteiger partial charge on any atom is 0.246 e. The van der Waals surface area contributed by atoms with Crippen molar-refractivity contribution in [3.63, 3.8) is 0 Å². The molecule has 0 spiro atoms. The highest BCUT2D eigenvalue weighted by Gasteiger charge is 2.53. The van der Waals surface area contributed by atoms with Crippen LogP contribution in [0.4, 0.5) is 0 Å². The second-order valence-electron chi connectivity index (χ2n) is 11.9. The molecule has 4 atom stereocenters. The molecule has 220 valence electrons. The molecule has 2 amide bonds. The Morgan fingerprint density at radius 2 is 1.29 bits per heavy atom. The summed E-state index contributed by atoms with van der Waals surface area (Å²) < 4.78 is 22.4. The molecule has 1 aliphatic carbocycles. The van der Waals surface area contributed by atoms with Crippen LogP contribution in [0.1, 0.15) is 55.6 Å². The number of likely N-dealkylation sites (tertiary alicyclic amines) is 2. The molecule has 0 aromatic heterocycles. The number of benzene rings is 2. The summed E-state index contributed by atoms with van der Waals surface area (Å²) in [5, 5.41) is 0. The SMILES string of the molecule is O=C(C=CC1C(C=Cc2ccc3c(c2)OCO3)C(C(=O)N2CCCCC2)C1c1ccc2c(c1)OCO2)N1CCCCC1. The van der Waals surface area contributed by atoms with E-state index < -0.39 is 0 Å². The minimum absolute atomic E-state index is 0.0249. The summed E-state index contributed by atoms with van der Waals surface area (Å²) in [5.41, 5.74) is 2.03. The molecule has 4 aliphatic heterocycles. The summed E-state index contributed by atoms with van der Waals surface area (Å²) in [7, 11) is 0. The maximum atomic E-state index is 14.2. The van der Waals surface area contributed by atoms with Gasteiger partial charge < -0.3 is 28.7 Å². The predicted octanol–water partition coefficient (Wildman–Crippen LogP) is 5.38.